The number of nitrogens with zero attached hydrogens (tertiary/aromatic N) is 3. The van der Waals surface area contributed by atoms with Crippen LogP contribution in [0.3, 0.4) is 0 Å². The molecule has 0 atom stereocenters. The summed E-state index contributed by atoms with van der Waals surface area (Å²) in [7, 11) is 0. The number of benzene rings is 1. The molecule has 3 aromatic rings. The molecule has 7 nitrogen and oxygen atoms in total. The summed E-state index contributed by atoms with van der Waals surface area (Å²) >= 11 is 12.2. The van der Waals surface area contributed by atoms with E-state index in [0.717, 1.165) is 6.20 Å². The molecule has 0 fully saturated rings. The summed E-state index contributed by atoms with van der Waals surface area (Å²) in [6.07, 6.45) is 2.59. The molecule has 3 rings (SSSR count). The first-order valence-electron chi connectivity index (χ1n) is 6.98. The molecule has 0 radical (unpaired) electrons. The Morgan fingerprint density at radius 1 is 1.20 bits per heavy atom. The van der Waals surface area contributed by atoms with Crippen molar-refractivity contribution in [1.82, 2.24) is 4.98 Å². The standard InChI is InChI=1S/C16H10Cl2N4O3/c17-13-3-1-2-12(16(13)18)14-6-5-11(25-14)9-20-21-15-7-4-10(8-19-15)22(23)24/h1-9H,(H,19,21)/b20-9-. The van der Waals surface area contributed by atoms with Crippen LogP contribution in [0.1, 0.15) is 5.76 Å². The van der Waals surface area contributed by atoms with Crippen molar-refractivity contribution in [3.05, 3.63) is 74.6 Å². The fraction of sp³-hybridized carbons (Fsp3) is 0. The number of hydrogen-bond donors (Lipinski definition) is 1. The predicted octanol–water partition coefficient (Wildman–Crippen LogP) is 5.00. The van der Waals surface area contributed by atoms with Crippen molar-refractivity contribution in [2.45, 2.75) is 0 Å². The van der Waals surface area contributed by atoms with E-state index < -0.39 is 4.92 Å². The number of anilines is 1. The average Bonchev–Trinajstić information content (AvgIpc) is 3.06. The predicted molar refractivity (Wildman–Crippen MR) is 96.3 cm³/mol. The van der Waals surface area contributed by atoms with Crippen LogP contribution in [0.5, 0.6) is 0 Å². The Balaban J connectivity index is 1.70. The second kappa shape index (κ2) is 7.33. The van der Waals surface area contributed by atoms with Crippen molar-refractivity contribution in [3.63, 3.8) is 0 Å². The van der Waals surface area contributed by atoms with E-state index in [0.29, 0.717) is 32.9 Å². The molecule has 1 N–H and O–H groups in total. The summed E-state index contributed by atoms with van der Waals surface area (Å²) in [5.41, 5.74) is 3.24. The van der Waals surface area contributed by atoms with Gasteiger partial charge in [-0.15, -0.1) is 0 Å². The Hall–Kier alpha value is -2.90. The number of furan rings is 1. The number of aromatic nitrogens is 1. The van der Waals surface area contributed by atoms with Crippen molar-refractivity contribution < 1.29 is 9.34 Å². The van der Waals surface area contributed by atoms with E-state index in [9.17, 15) is 10.1 Å². The summed E-state index contributed by atoms with van der Waals surface area (Å²) in [5, 5.41) is 15.4. The van der Waals surface area contributed by atoms with Crippen molar-refractivity contribution in [2.75, 3.05) is 5.43 Å². The summed E-state index contributed by atoms with van der Waals surface area (Å²) in [5.74, 6) is 1.41. The van der Waals surface area contributed by atoms with E-state index in [4.69, 9.17) is 27.6 Å². The van der Waals surface area contributed by atoms with E-state index in [1.54, 1.807) is 30.3 Å². The Morgan fingerprint density at radius 3 is 2.76 bits per heavy atom. The highest BCUT2D eigenvalue weighted by molar-refractivity contribution is 6.43. The minimum atomic E-state index is -0.522. The third-order valence-electron chi connectivity index (χ3n) is 3.17. The van der Waals surface area contributed by atoms with Gasteiger partial charge in [0, 0.05) is 11.6 Å². The fourth-order valence-corrected chi connectivity index (χ4v) is 2.38. The average molecular weight is 377 g/mol. The molecule has 0 saturated heterocycles. The van der Waals surface area contributed by atoms with E-state index in [-0.39, 0.29) is 5.69 Å². The third-order valence-corrected chi connectivity index (χ3v) is 3.99. The maximum atomic E-state index is 10.6. The number of rotatable bonds is 5. The van der Waals surface area contributed by atoms with Gasteiger partial charge in [0.25, 0.3) is 5.69 Å². The molecule has 25 heavy (non-hydrogen) atoms. The van der Waals surface area contributed by atoms with Crippen LogP contribution in [0.25, 0.3) is 11.3 Å². The number of pyridine rings is 1. The van der Waals surface area contributed by atoms with Crippen LogP contribution in [0.15, 0.2) is 58.2 Å². The molecular formula is C16H10Cl2N4O3. The topological polar surface area (TPSA) is 93.6 Å². The number of nitro groups is 1. The maximum Gasteiger partial charge on any atom is 0.287 e. The first kappa shape index (κ1) is 16.9. The molecule has 0 aliphatic heterocycles. The van der Waals surface area contributed by atoms with Gasteiger partial charge in [-0.05, 0) is 30.3 Å². The molecule has 0 amide bonds. The van der Waals surface area contributed by atoms with Crippen LogP contribution in [0.2, 0.25) is 10.0 Å². The first-order valence-corrected chi connectivity index (χ1v) is 7.74. The lowest BCUT2D eigenvalue weighted by atomic mass is 10.2. The van der Waals surface area contributed by atoms with Crippen LogP contribution in [0.4, 0.5) is 11.5 Å². The summed E-state index contributed by atoms with van der Waals surface area (Å²) in [6.45, 7) is 0. The minimum Gasteiger partial charge on any atom is -0.455 e. The SMILES string of the molecule is O=[N+]([O-])c1ccc(N/N=C\c2ccc(-c3cccc(Cl)c3Cl)o2)nc1. The summed E-state index contributed by atoms with van der Waals surface area (Å²) in [6, 6.07) is 11.5. The lowest BCUT2D eigenvalue weighted by molar-refractivity contribution is -0.385. The number of halogens is 2. The molecule has 0 unspecified atom stereocenters. The Morgan fingerprint density at radius 2 is 2.04 bits per heavy atom. The Labute approximate surface area is 152 Å². The Kier molecular flexibility index (Phi) is 4.97. The van der Waals surface area contributed by atoms with Crippen molar-refractivity contribution in [1.29, 1.82) is 0 Å². The van der Waals surface area contributed by atoms with Gasteiger partial charge in [-0.25, -0.2) is 4.98 Å². The zero-order valence-corrected chi connectivity index (χ0v) is 14.0. The van der Waals surface area contributed by atoms with E-state index >= 15 is 0 Å². The van der Waals surface area contributed by atoms with E-state index in [2.05, 4.69) is 15.5 Å². The van der Waals surface area contributed by atoms with Crippen molar-refractivity contribution >= 4 is 40.9 Å². The summed E-state index contributed by atoms with van der Waals surface area (Å²) < 4.78 is 5.65. The molecule has 0 aliphatic rings. The van der Waals surface area contributed by atoms with Crippen LogP contribution >= 0.6 is 23.2 Å². The van der Waals surface area contributed by atoms with Gasteiger partial charge >= 0.3 is 0 Å². The number of hydrazone groups is 1. The zero-order chi connectivity index (χ0) is 17.8. The van der Waals surface area contributed by atoms with E-state index in [1.807, 2.05) is 0 Å². The fourth-order valence-electron chi connectivity index (χ4n) is 1.98. The molecule has 2 heterocycles. The van der Waals surface area contributed by atoms with Crippen LogP contribution in [-0.4, -0.2) is 16.1 Å². The van der Waals surface area contributed by atoms with Crippen LogP contribution in [-0.2, 0) is 0 Å². The van der Waals surface area contributed by atoms with Crippen molar-refractivity contribution in [2.24, 2.45) is 5.10 Å². The van der Waals surface area contributed by atoms with Gasteiger partial charge in [0.15, 0.2) is 0 Å². The molecule has 0 aliphatic carbocycles. The second-order valence-electron chi connectivity index (χ2n) is 4.83. The highest BCUT2D eigenvalue weighted by Gasteiger charge is 2.10. The number of hydrogen-bond acceptors (Lipinski definition) is 6. The highest BCUT2D eigenvalue weighted by Crippen LogP contribution is 2.34. The van der Waals surface area contributed by atoms with Gasteiger partial charge in [0.05, 0.1) is 21.2 Å². The maximum absolute atomic E-state index is 10.6. The second-order valence-corrected chi connectivity index (χ2v) is 5.62. The lowest BCUT2D eigenvalue weighted by Gasteiger charge is -2.01. The van der Waals surface area contributed by atoms with Gasteiger partial charge in [-0.3, -0.25) is 15.5 Å². The van der Waals surface area contributed by atoms with Gasteiger partial charge < -0.3 is 4.42 Å². The highest BCUT2D eigenvalue weighted by atomic mass is 35.5. The van der Waals surface area contributed by atoms with Crippen molar-refractivity contribution in [3.8, 4) is 11.3 Å². The van der Waals surface area contributed by atoms with Gasteiger partial charge in [0.2, 0.25) is 0 Å². The molecule has 0 spiro atoms. The molecule has 0 saturated carbocycles. The smallest absolute Gasteiger partial charge is 0.287 e. The van der Waals surface area contributed by atoms with Gasteiger partial charge in [-0.1, -0.05) is 29.3 Å². The number of nitrogens with one attached hydrogen (secondary N) is 1. The summed E-state index contributed by atoms with van der Waals surface area (Å²) in [4.78, 5) is 13.9. The van der Waals surface area contributed by atoms with E-state index in [1.165, 1.54) is 18.3 Å². The molecule has 0 bridgehead atoms. The zero-order valence-electron chi connectivity index (χ0n) is 12.5. The minimum absolute atomic E-state index is 0.0939. The molecular weight excluding hydrogens is 367 g/mol. The van der Waals surface area contributed by atoms with Crippen LogP contribution < -0.4 is 5.43 Å². The monoisotopic (exact) mass is 376 g/mol. The van der Waals surface area contributed by atoms with Gasteiger partial charge in [0.1, 0.15) is 23.5 Å². The van der Waals surface area contributed by atoms with Crippen LogP contribution in [0, 0.1) is 10.1 Å². The lowest BCUT2D eigenvalue weighted by Crippen LogP contribution is -1.94. The first-order chi connectivity index (χ1) is 12.0. The normalized spacial score (nSPS) is 11.0. The third kappa shape index (κ3) is 3.96. The molecule has 9 heteroatoms. The molecule has 1 aromatic carbocycles. The molecule has 2 aromatic heterocycles. The molecule has 126 valence electrons. The quantitative estimate of drug-likeness (QED) is 0.384. The van der Waals surface area contributed by atoms with Gasteiger partial charge in [-0.2, -0.15) is 5.10 Å². The largest absolute Gasteiger partial charge is 0.455 e. The Bertz CT molecular complexity index is 939.